The fourth-order valence-corrected chi connectivity index (χ4v) is 4.98. The highest BCUT2D eigenvalue weighted by atomic mass is 79.9. The molecule has 0 spiro atoms. The summed E-state index contributed by atoms with van der Waals surface area (Å²) in [7, 11) is 0. The number of benzene rings is 2. The molecule has 0 fully saturated rings. The first-order valence-electron chi connectivity index (χ1n) is 4.95. The Labute approximate surface area is 159 Å². The van der Waals surface area contributed by atoms with Gasteiger partial charge in [0.1, 0.15) is 5.58 Å². The van der Waals surface area contributed by atoms with Gasteiger partial charge in [-0.1, -0.05) is 0 Å². The van der Waals surface area contributed by atoms with Gasteiger partial charge in [0, 0.05) is 33.1 Å². The fourth-order valence-electron chi connectivity index (χ4n) is 1.88. The van der Waals surface area contributed by atoms with E-state index < -0.39 is 0 Å². The summed E-state index contributed by atoms with van der Waals surface area (Å²) in [6, 6.07) is 4.00. The molecule has 0 aliphatic heterocycles. The van der Waals surface area contributed by atoms with Crippen LogP contribution < -0.4 is 0 Å². The van der Waals surface area contributed by atoms with Crippen molar-refractivity contribution in [2.75, 3.05) is 0 Å². The van der Waals surface area contributed by atoms with Gasteiger partial charge in [0.2, 0.25) is 0 Å². The summed E-state index contributed by atoms with van der Waals surface area (Å²) >= 11 is 21.3. The van der Waals surface area contributed by atoms with Crippen LogP contribution in [0, 0.1) is 0 Å². The lowest BCUT2D eigenvalue weighted by Gasteiger charge is -2.02. The standard InChI is InChI=1S/C12H2Br6O/c13-4-1-3-7-6(2-5(14)8(15)10(7)17)19-12(3)11(18)9(4)16/h1-2H/i1+1,2+1,3+1,4+1,5+1,6+1,7+1,8+1,9+1,10+1,11+1,12+1. The van der Waals surface area contributed by atoms with Crippen molar-refractivity contribution in [3.63, 3.8) is 0 Å². The van der Waals surface area contributed by atoms with E-state index in [1.807, 2.05) is 12.1 Å². The minimum absolute atomic E-state index is 0.816. The van der Waals surface area contributed by atoms with Crippen molar-refractivity contribution in [1.82, 2.24) is 0 Å². The molecule has 3 rings (SSSR count). The second-order valence-corrected chi connectivity index (χ2v) is 8.71. The number of rotatable bonds is 0. The van der Waals surface area contributed by atoms with E-state index in [0.29, 0.717) is 0 Å². The normalized spacial score (nSPS) is 11.7. The van der Waals surface area contributed by atoms with E-state index in [9.17, 15) is 0 Å². The van der Waals surface area contributed by atoms with Gasteiger partial charge in [-0.15, -0.1) is 0 Å². The van der Waals surface area contributed by atoms with Crippen LogP contribution in [-0.2, 0) is 0 Å². The van der Waals surface area contributed by atoms with Gasteiger partial charge in [-0.3, -0.25) is 0 Å². The first kappa shape index (κ1) is 15.0. The molecule has 19 heavy (non-hydrogen) atoms. The predicted octanol–water partition coefficient (Wildman–Crippen LogP) is 8.16. The van der Waals surface area contributed by atoms with Gasteiger partial charge in [-0.25, -0.2) is 0 Å². The molecule has 0 atom stereocenters. The summed E-state index contributed by atoms with van der Waals surface area (Å²) in [5.41, 5.74) is 1.64. The fraction of sp³-hybridized carbons (Fsp3) is 0. The van der Waals surface area contributed by atoms with Crippen molar-refractivity contribution in [2.24, 2.45) is 0 Å². The zero-order chi connectivity index (χ0) is 13.9. The van der Waals surface area contributed by atoms with Crippen LogP contribution in [0.3, 0.4) is 0 Å². The van der Waals surface area contributed by atoms with E-state index in [1.165, 1.54) is 0 Å². The lowest BCUT2D eigenvalue weighted by molar-refractivity contribution is 0.666. The SMILES string of the molecule is Br[13c]1[13cH][13c]2[13c](o[13c]3[13cH][13c](Br)[13c](Br)[13c](Br)[13c]32)[13c](Br)[13c]1Br. The van der Waals surface area contributed by atoms with Gasteiger partial charge in [-0.05, 0) is 108 Å². The Morgan fingerprint density at radius 1 is 0.684 bits per heavy atom. The quantitative estimate of drug-likeness (QED) is 0.223. The second-order valence-electron chi connectivity index (χ2n) is 3.82. The second kappa shape index (κ2) is 5.39. The first-order chi connectivity index (χ1) is 8.91. The molecule has 7 heteroatoms. The van der Waals surface area contributed by atoms with E-state index in [4.69, 9.17) is 4.42 Å². The molecular weight excluding hydrogens is 651 g/mol. The Hall–Kier alpha value is 1.12. The monoisotopic (exact) mass is 648 g/mol. The molecule has 0 aliphatic carbocycles. The van der Waals surface area contributed by atoms with Gasteiger partial charge in [0.05, 0.1) is 4.47 Å². The van der Waals surface area contributed by atoms with Gasteiger partial charge in [0.15, 0.2) is 5.58 Å². The van der Waals surface area contributed by atoms with Crippen LogP contribution in [0.25, 0.3) is 21.9 Å². The minimum atomic E-state index is 0.816. The molecule has 0 N–H and O–H groups in total. The number of hydrogen-bond acceptors (Lipinski definition) is 1. The third kappa shape index (κ3) is 2.32. The minimum Gasteiger partial charge on any atom is -0.455 e. The maximum atomic E-state index is 5.96. The molecule has 1 aromatic heterocycles. The van der Waals surface area contributed by atoms with Crippen molar-refractivity contribution in [3.05, 3.63) is 39.0 Å². The summed E-state index contributed by atoms with van der Waals surface area (Å²) in [6.07, 6.45) is 0. The third-order valence-electron chi connectivity index (χ3n) is 2.72. The predicted molar refractivity (Wildman–Crippen MR) is 99.9 cm³/mol. The lowest BCUT2D eigenvalue weighted by atomic mass is 11.1. The zero-order valence-corrected chi connectivity index (χ0v) is 18.3. The molecular formula is C12H2Br6O. The Kier molecular flexibility index (Phi) is 4.27. The lowest BCUT2D eigenvalue weighted by Crippen LogP contribution is -1.77. The Morgan fingerprint density at radius 3 is 1.95 bits per heavy atom. The highest BCUT2D eigenvalue weighted by Crippen LogP contribution is 2.46. The van der Waals surface area contributed by atoms with E-state index in [1.54, 1.807) is 0 Å². The summed E-state index contributed by atoms with van der Waals surface area (Å²) in [5, 5.41) is 2.08. The molecule has 0 bridgehead atoms. The molecule has 3 aromatic rings. The molecule has 0 amide bonds. The Balaban J connectivity index is 2.62. The van der Waals surface area contributed by atoms with E-state index in [-0.39, 0.29) is 0 Å². The van der Waals surface area contributed by atoms with Crippen LogP contribution in [0.15, 0.2) is 43.4 Å². The molecule has 98 valence electrons. The molecule has 0 radical (unpaired) electrons. The summed E-state index contributed by atoms with van der Waals surface area (Å²) in [6.45, 7) is 0. The van der Waals surface area contributed by atoms with Gasteiger partial charge in [0.25, 0.3) is 0 Å². The number of fused-ring (bicyclic) bond motifs is 3. The number of hydrogen-bond donors (Lipinski definition) is 0. The maximum absolute atomic E-state index is 5.96. The number of furan rings is 1. The number of halogens is 6. The van der Waals surface area contributed by atoms with Crippen molar-refractivity contribution in [1.29, 1.82) is 0 Å². The molecule has 2 aromatic carbocycles. The molecule has 0 unspecified atom stereocenters. The average Bonchev–Trinajstić information content (AvgIpc) is 2.72. The summed E-state index contributed by atoms with van der Waals surface area (Å²) < 4.78 is 11.6. The van der Waals surface area contributed by atoms with Gasteiger partial charge >= 0.3 is 0 Å². The molecule has 0 saturated heterocycles. The highest BCUT2D eigenvalue weighted by Gasteiger charge is 2.19. The first-order valence-corrected chi connectivity index (χ1v) is 9.70. The van der Waals surface area contributed by atoms with Crippen molar-refractivity contribution < 1.29 is 4.42 Å². The van der Waals surface area contributed by atoms with Crippen LogP contribution in [0.1, 0.15) is 0 Å². The van der Waals surface area contributed by atoms with E-state index >= 15 is 0 Å². The van der Waals surface area contributed by atoms with E-state index in [2.05, 4.69) is 95.6 Å². The topological polar surface area (TPSA) is 13.1 Å². The van der Waals surface area contributed by atoms with Gasteiger partial charge < -0.3 is 4.42 Å². The van der Waals surface area contributed by atoms with Crippen molar-refractivity contribution in [3.8, 4) is 0 Å². The van der Waals surface area contributed by atoms with E-state index in [0.717, 1.165) is 48.8 Å². The third-order valence-corrected chi connectivity index (χ3v) is 9.30. The summed E-state index contributed by atoms with van der Waals surface area (Å²) in [5.74, 6) is 0. The molecule has 1 nitrogen and oxygen atoms in total. The van der Waals surface area contributed by atoms with Crippen LogP contribution in [0.4, 0.5) is 0 Å². The van der Waals surface area contributed by atoms with Gasteiger partial charge in [-0.2, -0.15) is 0 Å². The molecule has 1 heterocycles. The Bertz CT molecular complexity index is 836. The average molecular weight is 653 g/mol. The van der Waals surface area contributed by atoms with Crippen LogP contribution >= 0.6 is 95.6 Å². The zero-order valence-electron chi connectivity index (χ0n) is 8.83. The van der Waals surface area contributed by atoms with Crippen LogP contribution in [-0.4, -0.2) is 0 Å². The summed E-state index contributed by atoms with van der Waals surface area (Å²) in [4.78, 5) is 0. The largest absolute Gasteiger partial charge is 0.455 e. The smallest absolute Gasteiger partial charge is 0.150 e. The maximum Gasteiger partial charge on any atom is 0.150 e. The van der Waals surface area contributed by atoms with Crippen LogP contribution in [0.2, 0.25) is 0 Å². The van der Waals surface area contributed by atoms with Crippen molar-refractivity contribution in [2.45, 2.75) is 0 Å². The molecule has 0 saturated carbocycles. The van der Waals surface area contributed by atoms with Crippen molar-refractivity contribution >= 4 is 118 Å². The van der Waals surface area contributed by atoms with Crippen LogP contribution in [0.5, 0.6) is 0 Å². The Morgan fingerprint density at radius 2 is 1.26 bits per heavy atom. The highest BCUT2D eigenvalue weighted by molar-refractivity contribution is 9.15. The molecule has 0 aliphatic rings.